The largest absolute Gasteiger partial charge is 0.378 e. The Morgan fingerprint density at radius 2 is 2.07 bits per heavy atom. The molecule has 0 spiro atoms. The zero-order valence-corrected chi connectivity index (χ0v) is 9.67. The first-order valence-electron chi connectivity index (χ1n) is 4.78. The molecule has 3 heteroatoms. The van der Waals surface area contributed by atoms with Crippen molar-refractivity contribution in [3.05, 3.63) is 28.8 Å². The van der Waals surface area contributed by atoms with Gasteiger partial charge in [-0.2, -0.15) is 0 Å². The maximum absolute atomic E-state index is 6.14. The molecule has 0 fully saturated rings. The van der Waals surface area contributed by atoms with Crippen LogP contribution in [0.3, 0.4) is 0 Å². The van der Waals surface area contributed by atoms with E-state index in [0.29, 0.717) is 0 Å². The molecule has 0 heterocycles. The van der Waals surface area contributed by atoms with Crippen LogP contribution >= 0.6 is 11.6 Å². The molecular weight excluding hydrogens is 196 g/mol. The third kappa shape index (κ3) is 2.40. The molecule has 0 aliphatic carbocycles. The van der Waals surface area contributed by atoms with Gasteiger partial charge in [-0.05, 0) is 24.1 Å². The van der Waals surface area contributed by atoms with Crippen LogP contribution in [0.5, 0.6) is 0 Å². The summed E-state index contributed by atoms with van der Waals surface area (Å²) in [5, 5.41) is 0.755. The summed E-state index contributed by atoms with van der Waals surface area (Å²) in [5.74, 6) is 0. The van der Waals surface area contributed by atoms with Crippen molar-refractivity contribution in [2.45, 2.75) is 19.4 Å². The number of halogens is 1. The second kappa shape index (κ2) is 4.67. The SMILES string of the molecule is CC[C@@H](N)c1ccc(N(C)C)cc1Cl. The van der Waals surface area contributed by atoms with Gasteiger partial charge >= 0.3 is 0 Å². The van der Waals surface area contributed by atoms with E-state index in [1.54, 1.807) is 0 Å². The number of hydrogen-bond acceptors (Lipinski definition) is 2. The van der Waals surface area contributed by atoms with Crippen LogP contribution in [0.2, 0.25) is 5.02 Å². The van der Waals surface area contributed by atoms with E-state index < -0.39 is 0 Å². The van der Waals surface area contributed by atoms with E-state index in [1.807, 2.05) is 37.2 Å². The van der Waals surface area contributed by atoms with Gasteiger partial charge in [0, 0.05) is 30.8 Å². The number of benzene rings is 1. The summed E-state index contributed by atoms with van der Waals surface area (Å²) in [6.45, 7) is 2.06. The molecule has 0 saturated heterocycles. The molecule has 2 nitrogen and oxygen atoms in total. The first kappa shape index (κ1) is 11.3. The Morgan fingerprint density at radius 3 is 2.50 bits per heavy atom. The molecule has 1 aromatic carbocycles. The van der Waals surface area contributed by atoms with Crippen LogP contribution in [0.15, 0.2) is 18.2 Å². The van der Waals surface area contributed by atoms with Gasteiger partial charge in [-0.25, -0.2) is 0 Å². The van der Waals surface area contributed by atoms with Crippen LogP contribution in [0.1, 0.15) is 24.9 Å². The van der Waals surface area contributed by atoms with Crippen molar-refractivity contribution in [2.24, 2.45) is 5.73 Å². The van der Waals surface area contributed by atoms with Gasteiger partial charge in [-0.15, -0.1) is 0 Å². The first-order chi connectivity index (χ1) is 6.56. The number of hydrogen-bond donors (Lipinski definition) is 1. The van der Waals surface area contributed by atoms with Gasteiger partial charge in [-0.3, -0.25) is 0 Å². The summed E-state index contributed by atoms with van der Waals surface area (Å²) in [5.41, 5.74) is 8.05. The molecule has 78 valence electrons. The Kier molecular flexibility index (Phi) is 3.78. The van der Waals surface area contributed by atoms with Crippen molar-refractivity contribution in [1.82, 2.24) is 0 Å². The molecule has 14 heavy (non-hydrogen) atoms. The highest BCUT2D eigenvalue weighted by Crippen LogP contribution is 2.27. The minimum absolute atomic E-state index is 0.0405. The van der Waals surface area contributed by atoms with Gasteiger partial charge in [0.25, 0.3) is 0 Å². The Morgan fingerprint density at radius 1 is 1.43 bits per heavy atom. The van der Waals surface area contributed by atoms with Gasteiger partial charge < -0.3 is 10.6 Å². The topological polar surface area (TPSA) is 29.3 Å². The summed E-state index contributed by atoms with van der Waals surface area (Å²) in [7, 11) is 3.98. The van der Waals surface area contributed by atoms with E-state index in [0.717, 1.165) is 22.7 Å². The molecule has 1 aromatic rings. The zero-order valence-electron chi connectivity index (χ0n) is 8.92. The van der Waals surface area contributed by atoms with E-state index in [4.69, 9.17) is 17.3 Å². The molecule has 0 bridgehead atoms. The Hall–Kier alpha value is -0.730. The highest BCUT2D eigenvalue weighted by atomic mass is 35.5. The smallest absolute Gasteiger partial charge is 0.0474 e. The van der Waals surface area contributed by atoms with Crippen LogP contribution in [-0.4, -0.2) is 14.1 Å². The zero-order chi connectivity index (χ0) is 10.7. The Labute approximate surface area is 90.7 Å². The molecule has 0 aromatic heterocycles. The van der Waals surface area contributed by atoms with E-state index in [1.165, 1.54) is 0 Å². The summed E-state index contributed by atoms with van der Waals surface area (Å²) >= 11 is 6.14. The molecule has 0 saturated carbocycles. The number of nitrogens with zero attached hydrogens (tertiary/aromatic N) is 1. The molecule has 1 atom stereocenters. The quantitative estimate of drug-likeness (QED) is 0.835. The molecule has 0 aliphatic heterocycles. The van der Waals surface area contributed by atoms with Crippen LogP contribution < -0.4 is 10.6 Å². The van der Waals surface area contributed by atoms with Crippen LogP contribution in [-0.2, 0) is 0 Å². The monoisotopic (exact) mass is 212 g/mol. The van der Waals surface area contributed by atoms with Crippen molar-refractivity contribution >= 4 is 17.3 Å². The first-order valence-corrected chi connectivity index (χ1v) is 5.16. The molecule has 0 aliphatic rings. The van der Waals surface area contributed by atoms with E-state index in [-0.39, 0.29) is 6.04 Å². The fourth-order valence-electron chi connectivity index (χ4n) is 1.31. The lowest BCUT2D eigenvalue weighted by Gasteiger charge is -2.16. The van der Waals surface area contributed by atoms with Crippen molar-refractivity contribution in [3.63, 3.8) is 0 Å². The molecule has 2 N–H and O–H groups in total. The summed E-state index contributed by atoms with van der Waals surface area (Å²) in [6, 6.07) is 6.04. The van der Waals surface area contributed by atoms with Crippen LogP contribution in [0.25, 0.3) is 0 Å². The molecule has 0 unspecified atom stereocenters. The normalized spacial score (nSPS) is 12.6. The lowest BCUT2D eigenvalue weighted by Crippen LogP contribution is -2.11. The average molecular weight is 213 g/mol. The molecule has 0 radical (unpaired) electrons. The third-order valence-corrected chi connectivity index (χ3v) is 2.67. The van der Waals surface area contributed by atoms with E-state index in [2.05, 4.69) is 6.92 Å². The fraction of sp³-hybridized carbons (Fsp3) is 0.455. The highest BCUT2D eigenvalue weighted by molar-refractivity contribution is 6.31. The lowest BCUT2D eigenvalue weighted by molar-refractivity contribution is 0.699. The highest BCUT2D eigenvalue weighted by Gasteiger charge is 2.08. The Balaban J connectivity index is 3.01. The second-order valence-corrected chi connectivity index (χ2v) is 4.02. The predicted molar refractivity (Wildman–Crippen MR) is 63.0 cm³/mol. The lowest BCUT2D eigenvalue weighted by atomic mass is 10.1. The molecule has 1 rings (SSSR count). The van der Waals surface area contributed by atoms with Gasteiger partial charge in [0.2, 0.25) is 0 Å². The van der Waals surface area contributed by atoms with Crippen molar-refractivity contribution in [3.8, 4) is 0 Å². The average Bonchev–Trinajstić information content (AvgIpc) is 2.16. The van der Waals surface area contributed by atoms with Crippen LogP contribution in [0.4, 0.5) is 5.69 Å². The van der Waals surface area contributed by atoms with Crippen molar-refractivity contribution in [2.75, 3.05) is 19.0 Å². The van der Waals surface area contributed by atoms with Crippen LogP contribution in [0, 0.1) is 0 Å². The van der Waals surface area contributed by atoms with Crippen molar-refractivity contribution < 1.29 is 0 Å². The standard InChI is InChI=1S/C11H17ClN2/c1-4-11(13)9-6-5-8(14(2)3)7-10(9)12/h5-7,11H,4,13H2,1-3H3/t11-/m1/s1. The number of rotatable bonds is 3. The second-order valence-electron chi connectivity index (χ2n) is 3.61. The summed E-state index contributed by atoms with van der Waals surface area (Å²) < 4.78 is 0. The van der Waals surface area contributed by atoms with E-state index >= 15 is 0 Å². The maximum atomic E-state index is 6.14. The number of nitrogens with two attached hydrogens (primary N) is 1. The van der Waals surface area contributed by atoms with Gasteiger partial charge in [0.05, 0.1) is 0 Å². The van der Waals surface area contributed by atoms with Gasteiger partial charge in [-0.1, -0.05) is 24.6 Å². The maximum Gasteiger partial charge on any atom is 0.0474 e. The third-order valence-electron chi connectivity index (χ3n) is 2.34. The predicted octanol–water partition coefficient (Wildman–Crippen LogP) is 2.82. The van der Waals surface area contributed by atoms with Gasteiger partial charge in [0.1, 0.15) is 0 Å². The fourth-order valence-corrected chi connectivity index (χ4v) is 1.63. The van der Waals surface area contributed by atoms with Crippen molar-refractivity contribution in [1.29, 1.82) is 0 Å². The van der Waals surface area contributed by atoms with Gasteiger partial charge in [0.15, 0.2) is 0 Å². The minimum atomic E-state index is 0.0405. The Bertz CT molecular complexity index is 310. The molecular formula is C11H17ClN2. The number of anilines is 1. The summed E-state index contributed by atoms with van der Waals surface area (Å²) in [4.78, 5) is 2.02. The summed E-state index contributed by atoms with van der Waals surface area (Å²) in [6.07, 6.45) is 0.904. The molecule has 0 amide bonds. The minimum Gasteiger partial charge on any atom is -0.378 e. The van der Waals surface area contributed by atoms with E-state index in [9.17, 15) is 0 Å².